The maximum atomic E-state index is 11.4. The van der Waals surface area contributed by atoms with E-state index in [0.29, 0.717) is 11.4 Å². The number of hydrogen-bond donors (Lipinski definition) is 2. The molecule has 2 N–H and O–H groups in total. The van der Waals surface area contributed by atoms with Crippen molar-refractivity contribution in [3.8, 4) is 23.1 Å². The van der Waals surface area contributed by atoms with Gasteiger partial charge < -0.3 is 4.74 Å². The molecule has 0 aliphatic heterocycles. The highest BCUT2D eigenvalue weighted by atomic mass is 16.5. The molecule has 6 heteroatoms. The topological polar surface area (TPSA) is 84.1 Å². The molecule has 2 rings (SSSR count). The van der Waals surface area contributed by atoms with Crippen molar-refractivity contribution in [2.45, 2.75) is 6.92 Å². The molecule has 21 heavy (non-hydrogen) atoms. The Kier molecular flexibility index (Phi) is 4.72. The maximum absolute atomic E-state index is 11.4. The monoisotopic (exact) mass is 283 g/mol. The van der Waals surface area contributed by atoms with Crippen LogP contribution in [0.2, 0.25) is 0 Å². The summed E-state index contributed by atoms with van der Waals surface area (Å²) in [6.07, 6.45) is -0.562. The van der Waals surface area contributed by atoms with E-state index in [0.717, 1.165) is 5.56 Å². The lowest BCUT2D eigenvalue weighted by atomic mass is 10.1. The molecule has 0 atom stereocenters. The lowest BCUT2D eigenvalue weighted by Crippen LogP contribution is -2.13. The predicted molar refractivity (Wildman–Crippen MR) is 78.7 cm³/mol. The Morgan fingerprint density at radius 1 is 1.29 bits per heavy atom. The van der Waals surface area contributed by atoms with Crippen molar-refractivity contribution >= 4 is 11.8 Å². The number of hydrogen-bond acceptors (Lipinski definition) is 4. The first kappa shape index (κ1) is 14.3. The molecule has 0 fully saturated rings. The molecule has 0 saturated carbocycles. The number of anilines is 1. The zero-order valence-electron chi connectivity index (χ0n) is 11.3. The van der Waals surface area contributed by atoms with Crippen molar-refractivity contribution in [2.24, 2.45) is 0 Å². The molecule has 2 aromatic rings. The minimum atomic E-state index is -0.562. The van der Waals surface area contributed by atoms with Gasteiger partial charge in [-0.2, -0.15) is 5.10 Å². The quantitative estimate of drug-likeness (QED) is 0.844. The molecule has 1 heterocycles. The van der Waals surface area contributed by atoms with Gasteiger partial charge in [0.25, 0.3) is 5.56 Å². The summed E-state index contributed by atoms with van der Waals surface area (Å²) in [6.45, 7) is 1.73. The molecule has 0 saturated heterocycles. The SMILES string of the molecule is CC#CCOC(=O)Nc1ccc(-c2ccc(=O)[nH]n2)cc1. The van der Waals surface area contributed by atoms with Gasteiger partial charge in [-0.05, 0) is 25.1 Å². The predicted octanol–water partition coefficient (Wildman–Crippen LogP) is 2.01. The molecular weight excluding hydrogens is 270 g/mol. The van der Waals surface area contributed by atoms with Gasteiger partial charge in [-0.15, -0.1) is 5.92 Å². The van der Waals surface area contributed by atoms with Crippen LogP contribution < -0.4 is 10.9 Å². The maximum Gasteiger partial charge on any atom is 0.412 e. The average Bonchev–Trinajstić information content (AvgIpc) is 2.49. The van der Waals surface area contributed by atoms with E-state index in [1.807, 2.05) is 0 Å². The number of benzene rings is 1. The summed E-state index contributed by atoms with van der Waals surface area (Å²) in [6, 6.07) is 10.0. The number of ether oxygens (including phenoxy) is 1. The molecule has 1 aromatic carbocycles. The third-order valence-corrected chi connectivity index (χ3v) is 2.56. The van der Waals surface area contributed by atoms with Crippen molar-refractivity contribution < 1.29 is 9.53 Å². The van der Waals surface area contributed by atoms with E-state index in [-0.39, 0.29) is 12.2 Å². The van der Waals surface area contributed by atoms with E-state index in [9.17, 15) is 9.59 Å². The summed E-state index contributed by atoms with van der Waals surface area (Å²) in [5, 5.41) is 8.87. The smallest absolute Gasteiger partial charge is 0.412 e. The highest BCUT2D eigenvalue weighted by molar-refractivity contribution is 5.85. The largest absolute Gasteiger partial charge is 0.436 e. The fraction of sp³-hybridized carbons (Fsp3) is 0.133. The Morgan fingerprint density at radius 3 is 2.67 bits per heavy atom. The number of aromatic nitrogens is 2. The Hall–Kier alpha value is -3.07. The van der Waals surface area contributed by atoms with Crippen molar-refractivity contribution in [1.29, 1.82) is 0 Å². The molecule has 1 aromatic heterocycles. The lowest BCUT2D eigenvalue weighted by molar-refractivity contribution is 0.176. The van der Waals surface area contributed by atoms with Gasteiger partial charge in [0.2, 0.25) is 0 Å². The summed E-state index contributed by atoms with van der Waals surface area (Å²) < 4.78 is 4.84. The zero-order valence-corrected chi connectivity index (χ0v) is 11.3. The standard InChI is InChI=1S/C15H13N3O3/c1-2-3-10-21-15(20)16-12-6-4-11(5-7-12)13-8-9-14(19)18-17-13/h4-9H,10H2,1H3,(H,16,20)(H,18,19). The highest BCUT2D eigenvalue weighted by Crippen LogP contribution is 2.18. The Morgan fingerprint density at radius 2 is 2.05 bits per heavy atom. The van der Waals surface area contributed by atoms with Crippen LogP contribution in [0.5, 0.6) is 0 Å². The molecule has 0 radical (unpaired) electrons. The van der Waals surface area contributed by atoms with E-state index in [1.54, 1.807) is 37.3 Å². The van der Waals surface area contributed by atoms with Crippen molar-refractivity contribution in [3.05, 3.63) is 46.8 Å². The van der Waals surface area contributed by atoms with Gasteiger partial charge in [0.15, 0.2) is 6.61 Å². The van der Waals surface area contributed by atoms with E-state index < -0.39 is 6.09 Å². The van der Waals surface area contributed by atoms with Crippen LogP contribution in [0.25, 0.3) is 11.3 Å². The minimum absolute atomic E-state index is 0.0573. The fourth-order valence-corrected chi connectivity index (χ4v) is 1.56. The summed E-state index contributed by atoms with van der Waals surface area (Å²) >= 11 is 0. The summed E-state index contributed by atoms with van der Waals surface area (Å²) in [5.41, 5.74) is 1.80. The van der Waals surface area contributed by atoms with Crippen LogP contribution in [0.3, 0.4) is 0 Å². The third-order valence-electron chi connectivity index (χ3n) is 2.56. The summed E-state index contributed by atoms with van der Waals surface area (Å²) in [5.74, 6) is 5.26. The number of carbonyl (C=O) groups is 1. The van der Waals surface area contributed by atoms with Gasteiger partial charge >= 0.3 is 6.09 Å². The van der Waals surface area contributed by atoms with Crippen LogP contribution >= 0.6 is 0 Å². The van der Waals surface area contributed by atoms with Gasteiger partial charge in [0, 0.05) is 17.3 Å². The van der Waals surface area contributed by atoms with Crippen molar-refractivity contribution in [3.63, 3.8) is 0 Å². The van der Waals surface area contributed by atoms with Crippen LogP contribution in [-0.2, 0) is 4.74 Å². The molecule has 0 aliphatic rings. The fourth-order valence-electron chi connectivity index (χ4n) is 1.56. The van der Waals surface area contributed by atoms with Crippen LogP contribution in [0, 0.1) is 11.8 Å². The van der Waals surface area contributed by atoms with Gasteiger partial charge in [0.1, 0.15) is 0 Å². The van der Waals surface area contributed by atoms with Crippen molar-refractivity contribution in [1.82, 2.24) is 10.2 Å². The Labute approximate surface area is 121 Å². The number of nitrogens with zero attached hydrogens (tertiary/aromatic N) is 1. The number of nitrogens with one attached hydrogen (secondary N) is 2. The minimum Gasteiger partial charge on any atom is -0.436 e. The second-order valence-corrected chi connectivity index (χ2v) is 4.01. The number of H-pyrrole nitrogens is 1. The Balaban J connectivity index is 2.01. The normalized spacial score (nSPS) is 9.38. The number of amides is 1. The van der Waals surface area contributed by atoms with E-state index >= 15 is 0 Å². The molecule has 106 valence electrons. The molecule has 0 bridgehead atoms. The Bertz CT molecular complexity index is 719. The summed E-state index contributed by atoms with van der Waals surface area (Å²) in [4.78, 5) is 22.4. The highest BCUT2D eigenvalue weighted by Gasteiger charge is 2.03. The van der Waals surface area contributed by atoms with Gasteiger partial charge in [-0.25, -0.2) is 9.89 Å². The van der Waals surface area contributed by atoms with Crippen LogP contribution in [-0.4, -0.2) is 22.9 Å². The molecule has 0 aliphatic carbocycles. The van der Waals surface area contributed by atoms with Crippen LogP contribution in [0.4, 0.5) is 10.5 Å². The zero-order chi connectivity index (χ0) is 15.1. The first-order valence-electron chi connectivity index (χ1n) is 6.18. The van der Waals surface area contributed by atoms with E-state index in [2.05, 4.69) is 27.4 Å². The number of aromatic amines is 1. The third kappa shape index (κ3) is 4.21. The van der Waals surface area contributed by atoms with Crippen LogP contribution in [0.1, 0.15) is 6.92 Å². The van der Waals surface area contributed by atoms with Gasteiger partial charge in [-0.3, -0.25) is 10.1 Å². The average molecular weight is 283 g/mol. The van der Waals surface area contributed by atoms with Crippen LogP contribution in [0.15, 0.2) is 41.2 Å². The molecule has 0 spiro atoms. The van der Waals surface area contributed by atoms with E-state index in [4.69, 9.17) is 4.74 Å². The molecule has 0 unspecified atom stereocenters. The molecule has 6 nitrogen and oxygen atoms in total. The van der Waals surface area contributed by atoms with E-state index in [1.165, 1.54) is 6.07 Å². The first-order valence-corrected chi connectivity index (χ1v) is 6.18. The van der Waals surface area contributed by atoms with Crippen molar-refractivity contribution in [2.75, 3.05) is 11.9 Å². The summed E-state index contributed by atoms with van der Waals surface area (Å²) in [7, 11) is 0. The first-order chi connectivity index (χ1) is 10.2. The molecular formula is C15H13N3O3. The lowest BCUT2D eigenvalue weighted by Gasteiger charge is -2.05. The second-order valence-electron chi connectivity index (χ2n) is 4.01. The second kappa shape index (κ2) is 6.91. The number of carbonyl (C=O) groups excluding carboxylic acids is 1. The number of rotatable bonds is 3. The molecule has 1 amide bonds. The van der Waals surface area contributed by atoms with Gasteiger partial charge in [-0.1, -0.05) is 18.1 Å². The van der Waals surface area contributed by atoms with Gasteiger partial charge in [0.05, 0.1) is 5.69 Å².